The summed E-state index contributed by atoms with van der Waals surface area (Å²) in [5.74, 6) is -0.186. The van der Waals surface area contributed by atoms with E-state index in [0.717, 1.165) is 33.2 Å². The van der Waals surface area contributed by atoms with Crippen molar-refractivity contribution in [2.45, 2.75) is 6.92 Å². The molecule has 5 aromatic rings. The van der Waals surface area contributed by atoms with Crippen molar-refractivity contribution in [1.29, 1.82) is 0 Å². The summed E-state index contributed by atoms with van der Waals surface area (Å²) in [6, 6.07) is 23.9. The highest BCUT2D eigenvalue weighted by Gasteiger charge is 2.12. The Morgan fingerprint density at radius 1 is 0.897 bits per heavy atom. The van der Waals surface area contributed by atoms with Crippen LogP contribution in [0.25, 0.3) is 32.9 Å². The number of nitrogens with one attached hydrogen (secondary N) is 1. The van der Waals surface area contributed by atoms with Crippen LogP contribution in [-0.4, -0.2) is 15.9 Å². The van der Waals surface area contributed by atoms with Crippen LogP contribution < -0.4 is 5.32 Å². The first kappa shape index (κ1) is 17.5. The molecule has 0 aliphatic rings. The summed E-state index contributed by atoms with van der Waals surface area (Å²) >= 11 is 1.42. The molecule has 5 rings (SSSR count). The van der Waals surface area contributed by atoms with E-state index >= 15 is 0 Å². The van der Waals surface area contributed by atoms with Gasteiger partial charge in [-0.1, -0.05) is 54.6 Å². The van der Waals surface area contributed by atoms with Gasteiger partial charge in [-0.15, -0.1) is 11.3 Å². The third kappa shape index (κ3) is 3.37. The van der Waals surface area contributed by atoms with E-state index in [1.165, 1.54) is 16.7 Å². The van der Waals surface area contributed by atoms with Gasteiger partial charge in [-0.25, -0.2) is 4.98 Å². The molecule has 0 aliphatic carbocycles. The van der Waals surface area contributed by atoms with E-state index < -0.39 is 0 Å². The highest BCUT2D eigenvalue weighted by Crippen LogP contribution is 2.31. The summed E-state index contributed by atoms with van der Waals surface area (Å²) in [6.07, 6.45) is 0. The minimum atomic E-state index is -0.186. The Labute approximate surface area is 171 Å². The number of rotatable bonds is 3. The molecule has 0 spiro atoms. The maximum Gasteiger partial charge on any atom is 0.257 e. The SMILES string of the molecule is Cc1ccc2ccc(C(=O)Nc3nc(-c4cccc5ccccc45)cs3)cc2n1. The number of thiazole rings is 1. The lowest BCUT2D eigenvalue weighted by atomic mass is 10.0. The fraction of sp³-hybridized carbons (Fsp3) is 0.0417. The van der Waals surface area contributed by atoms with E-state index in [-0.39, 0.29) is 5.91 Å². The van der Waals surface area contributed by atoms with Gasteiger partial charge in [0, 0.05) is 27.6 Å². The first-order valence-corrected chi connectivity index (χ1v) is 10.2. The average Bonchev–Trinajstić information content (AvgIpc) is 3.21. The number of fused-ring (bicyclic) bond motifs is 2. The summed E-state index contributed by atoms with van der Waals surface area (Å²) in [4.78, 5) is 21.9. The summed E-state index contributed by atoms with van der Waals surface area (Å²) < 4.78 is 0. The Bertz CT molecular complexity index is 1370. The quantitative estimate of drug-likeness (QED) is 0.403. The van der Waals surface area contributed by atoms with Crippen molar-refractivity contribution >= 4 is 44.1 Å². The van der Waals surface area contributed by atoms with Crippen LogP contribution in [0.1, 0.15) is 16.1 Å². The van der Waals surface area contributed by atoms with Crippen LogP contribution >= 0.6 is 11.3 Å². The van der Waals surface area contributed by atoms with Crippen molar-refractivity contribution in [3.63, 3.8) is 0 Å². The molecule has 0 saturated carbocycles. The Morgan fingerprint density at radius 3 is 2.66 bits per heavy atom. The van der Waals surface area contributed by atoms with Crippen LogP contribution in [0.5, 0.6) is 0 Å². The number of aryl methyl sites for hydroxylation is 1. The predicted molar refractivity (Wildman–Crippen MR) is 119 cm³/mol. The Kier molecular flexibility index (Phi) is 4.30. The second-order valence-electron chi connectivity index (χ2n) is 6.88. The number of hydrogen-bond donors (Lipinski definition) is 1. The van der Waals surface area contributed by atoms with Crippen LogP contribution in [0.4, 0.5) is 5.13 Å². The minimum absolute atomic E-state index is 0.186. The second kappa shape index (κ2) is 7.11. The maximum absolute atomic E-state index is 12.7. The van der Waals surface area contributed by atoms with Gasteiger partial charge in [-0.05, 0) is 35.9 Å². The van der Waals surface area contributed by atoms with E-state index in [1.54, 1.807) is 0 Å². The molecule has 1 N–H and O–H groups in total. The number of hydrogen-bond acceptors (Lipinski definition) is 4. The molecule has 0 unspecified atom stereocenters. The zero-order chi connectivity index (χ0) is 19.8. The van der Waals surface area contributed by atoms with Gasteiger partial charge in [0.2, 0.25) is 0 Å². The molecule has 0 aliphatic heterocycles. The summed E-state index contributed by atoms with van der Waals surface area (Å²) in [6.45, 7) is 1.94. The van der Waals surface area contributed by atoms with Crippen LogP contribution in [-0.2, 0) is 0 Å². The lowest BCUT2D eigenvalue weighted by Crippen LogP contribution is -2.11. The van der Waals surface area contributed by atoms with E-state index in [2.05, 4.69) is 39.6 Å². The predicted octanol–water partition coefficient (Wildman–Crippen LogP) is 6.07. The molecular formula is C24H17N3OS. The van der Waals surface area contributed by atoms with Crippen LogP contribution in [0.3, 0.4) is 0 Å². The van der Waals surface area contributed by atoms with Gasteiger partial charge in [-0.2, -0.15) is 0 Å². The molecule has 3 aromatic carbocycles. The van der Waals surface area contributed by atoms with Crippen LogP contribution in [0.15, 0.2) is 78.2 Å². The number of pyridine rings is 1. The van der Waals surface area contributed by atoms with Gasteiger partial charge in [0.15, 0.2) is 5.13 Å². The van der Waals surface area contributed by atoms with Gasteiger partial charge in [0.25, 0.3) is 5.91 Å². The number of carbonyl (C=O) groups is 1. The molecule has 140 valence electrons. The van der Waals surface area contributed by atoms with Crippen molar-refractivity contribution < 1.29 is 4.79 Å². The lowest BCUT2D eigenvalue weighted by molar-refractivity contribution is 0.102. The van der Waals surface area contributed by atoms with Crippen molar-refractivity contribution in [3.8, 4) is 11.3 Å². The highest BCUT2D eigenvalue weighted by atomic mass is 32.1. The number of anilines is 1. The number of amides is 1. The van der Waals surface area contributed by atoms with E-state index in [1.807, 2.05) is 60.8 Å². The largest absolute Gasteiger partial charge is 0.298 e. The molecule has 0 bridgehead atoms. The van der Waals surface area contributed by atoms with Gasteiger partial charge in [-0.3, -0.25) is 15.1 Å². The fourth-order valence-electron chi connectivity index (χ4n) is 3.43. The molecular weight excluding hydrogens is 378 g/mol. The van der Waals surface area contributed by atoms with E-state index in [4.69, 9.17) is 0 Å². The molecule has 0 atom stereocenters. The monoisotopic (exact) mass is 395 g/mol. The first-order chi connectivity index (χ1) is 14.2. The summed E-state index contributed by atoms with van der Waals surface area (Å²) in [5, 5.41) is 8.80. The van der Waals surface area contributed by atoms with Crippen molar-refractivity contribution in [1.82, 2.24) is 9.97 Å². The lowest BCUT2D eigenvalue weighted by Gasteiger charge is -2.05. The molecule has 0 radical (unpaired) electrons. The zero-order valence-corrected chi connectivity index (χ0v) is 16.5. The zero-order valence-electron chi connectivity index (χ0n) is 15.7. The standard InChI is InChI=1S/C24H17N3OS/c1-15-9-10-17-11-12-18(13-21(17)25-15)23(28)27-24-26-22(14-29-24)20-8-4-6-16-5-2-3-7-19(16)20/h2-14H,1H3,(H,26,27,28). The number of benzene rings is 3. The van der Waals surface area contributed by atoms with Gasteiger partial charge >= 0.3 is 0 Å². The third-order valence-electron chi connectivity index (χ3n) is 4.88. The van der Waals surface area contributed by atoms with E-state index in [0.29, 0.717) is 10.7 Å². The van der Waals surface area contributed by atoms with Crippen LogP contribution in [0, 0.1) is 6.92 Å². The fourth-order valence-corrected chi connectivity index (χ4v) is 4.14. The van der Waals surface area contributed by atoms with Crippen molar-refractivity contribution in [3.05, 3.63) is 89.4 Å². The van der Waals surface area contributed by atoms with Crippen LogP contribution in [0.2, 0.25) is 0 Å². The molecule has 2 heterocycles. The summed E-state index contributed by atoms with van der Waals surface area (Å²) in [5.41, 5.74) is 4.23. The third-order valence-corrected chi connectivity index (χ3v) is 5.64. The van der Waals surface area contributed by atoms with Gasteiger partial charge in [0.1, 0.15) is 0 Å². The molecule has 0 saturated heterocycles. The normalized spacial score (nSPS) is 11.1. The van der Waals surface area contributed by atoms with Gasteiger partial charge in [0.05, 0.1) is 11.2 Å². The Balaban J connectivity index is 1.43. The Morgan fingerprint density at radius 2 is 1.72 bits per heavy atom. The van der Waals surface area contributed by atoms with Crippen molar-refractivity contribution in [2.24, 2.45) is 0 Å². The summed E-state index contributed by atoms with van der Waals surface area (Å²) in [7, 11) is 0. The molecule has 1 amide bonds. The topological polar surface area (TPSA) is 54.9 Å². The van der Waals surface area contributed by atoms with E-state index in [9.17, 15) is 4.79 Å². The number of carbonyl (C=O) groups excluding carboxylic acids is 1. The van der Waals surface area contributed by atoms with Gasteiger partial charge < -0.3 is 0 Å². The molecule has 5 heteroatoms. The minimum Gasteiger partial charge on any atom is -0.298 e. The number of nitrogens with zero attached hydrogens (tertiary/aromatic N) is 2. The molecule has 2 aromatic heterocycles. The van der Waals surface area contributed by atoms with Crippen molar-refractivity contribution in [2.75, 3.05) is 5.32 Å². The average molecular weight is 395 g/mol. The molecule has 4 nitrogen and oxygen atoms in total. The molecule has 0 fully saturated rings. The highest BCUT2D eigenvalue weighted by molar-refractivity contribution is 7.14. The first-order valence-electron chi connectivity index (χ1n) is 9.30. The number of aromatic nitrogens is 2. The smallest absolute Gasteiger partial charge is 0.257 e. The second-order valence-corrected chi connectivity index (χ2v) is 7.74. The maximum atomic E-state index is 12.7. The Hall–Kier alpha value is -3.57. The molecule has 29 heavy (non-hydrogen) atoms.